The average Bonchev–Trinajstić information content (AvgIpc) is 2.49. The summed E-state index contributed by atoms with van der Waals surface area (Å²) in [6, 6.07) is 10.3. The molecule has 0 saturated carbocycles. The molecule has 0 fully saturated rings. The zero-order valence-electron chi connectivity index (χ0n) is 11.5. The van der Waals surface area contributed by atoms with Gasteiger partial charge in [0.15, 0.2) is 0 Å². The van der Waals surface area contributed by atoms with Crippen molar-refractivity contribution in [2.24, 2.45) is 5.73 Å². The van der Waals surface area contributed by atoms with Crippen LogP contribution in [0.1, 0.15) is 15.9 Å². The summed E-state index contributed by atoms with van der Waals surface area (Å²) in [4.78, 5) is 33.4. The number of rotatable bonds is 5. The van der Waals surface area contributed by atoms with Crippen LogP contribution in [-0.2, 0) is 6.54 Å². The summed E-state index contributed by atoms with van der Waals surface area (Å²) in [6.07, 6.45) is 4.53. The van der Waals surface area contributed by atoms with Gasteiger partial charge in [-0.15, -0.1) is 0 Å². The molecule has 1 aromatic heterocycles. The Morgan fingerprint density at radius 1 is 1.32 bits per heavy atom. The van der Waals surface area contributed by atoms with E-state index in [1.165, 1.54) is 0 Å². The van der Waals surface area contributed by atoms with E-state index >= 15 is 0 Å². The maximum atomic E-state index is 12.0. The van der Waals surface area contributed by atoms with E-state index < -0.39 is 22.0 Å². The first kappa shape index (κ1) is 15.2. The van der Waals surface area contributed by atoms with E-state index in [-0.39, 0.29) is 12.2 Å². The fourth-order valence-electron chi connectivity index (χ4n) is 1.90. The number of nitro groups is 1. The number of carbonyl (C=O) groups is 1. The molecule has 0 radical (unpaired) electrons. The Bertz CT molecular complexity index is 794. The molecule has 0 aliphatic heterocycles. The SMILES string of the molecule is NC(=O)c1cc([N+](=O)[O-])cn(CC=Cc2ccccc2)c1=O. The lowest BCUT2D eigenvalue weighted by Gasteiger charge is -2.04. The quantitative estimate of drug-likeness (QED) is 0.667. The largest absolute Gasteiger partial charge is 0.365 e. The highest BCUT2D eigenvalue weighted by atomic mass is 16.6. The zero-order valence-corrected chi connectivity index (χ0v) is 11.5. The molecule has 112 valence electrons. The van der Waals surface area contributed by atoms with Gasteiger partial charge >= 0.3 is 0 Å². The zero-order chi connectivity index (χ0) is 16.1. The molecule has 0 aliphatic rings. The number of allylic oxidation sites excluding steroid dienone is 1. The Morgan fingerprint density at radius 2 is 2.00 bits per heavy atom. The van der Waals surface area contributed by atoms with Gasteiger partial charge in [0.25, 0.3) is 17.2 Å². The maximum Gasteiger partial charge on any atom is 0.286 e. The minimum atomic E-state index is -0.991. The first-order valence-corrected chi connectivity index (χ1v) is 6.39. The van der Waals surface area contributed by atoms with E-state index in [0.29, 0.717) is 0 Å². The number of amides is 1. The first-order chi connectivity index (χ1) is 10.5. The van der Waals surface area contributed by atoms with Gasteiger partial charge in [-0.05, 0) is 5.56 Å². The van der Waals surface area contributed by atoms with Gasteiger partial charge in [0.05, 0.1) is 11.1 Å². The Morgan fingerprint density at radius 3 is 2.59 bits per heavy atom. The molecule has 22 heavy (non-hydrogen) atoms. The van der Waals surface area contributed by atoms with Gasteiger partial charge in [-0.3, -0.25) is 19.7 Å². The van der Waals surface area contributed by atoms with E-state index in [9.17, 15) is 19.7 Å². The van der Waals surface area contributed by atoms with Crippen LogP contribution in [-0.4, -0.2) is 15.4 Å². The van der Waals surface area contributed by atoms with Gasteiger partial charge in [0.2, 0.25) is 0 Å². The number of nitrogens with two attached hydrogens (primary N) is 1. The van der Waals surface area contributed by atoms with Crippen LogP contribution in [0.2, 0.25) is 0 Å². The monoisotopic (exact) mass is 299 g/mol. The molecule has 2 aromatic rings. The van der Waals surface area contributed by atoms with Crippen LogP contribution in [0.5, 0.6) is 0 Å². The summed E-state index contributed by atoms with van der Waals surface area (Å²) in [5.74, 6) is -0.991. The number of hydrogen-bond donors (Lipinski definition) is 1. The van der Waals surface area contributed by atoms with Crippen LogP contribution in [0.3, 0.4) is 0 Å². The molecule has 0 unspecified atom stereocenters. The predicted octanol–water partition coefficient (Wildman–Crippen LogP) is 1.57. The lowest BCUT2D eigenvalue weighted by molar-refractivity contribution is -0.385. The molecule has 0 atom stereocenters. The molecule has 1 aromatic carbocycles. The van der Waals surface area contributed by atoms with Crippen molar-refractivity contribution in [2.45, 2.75) is 6.54 Å². The third-order valence-corrected chi connectivity index (χ3v) is 2.96. The van der Waals surface area contributed by atoms with Crippen molar-refractivity contribution in [3.63, 3.8) is 0 Å². The molecule has 0 spiro atoms. The van der Waals surface area contributed by atoms with Crippen molar-refractivity contribution in [2.75, 3.05) is 0 Å². The topological polar surface area (TPSA) is 108 Å². The smallest absolute Gasteiger partial charge is 0.286 e. The second-order valence-corrected chi connectivity index (χ2v) is 4.50. The van der Waals surface area contributed by atoms with Crippen LogP contribution in [0.4, 0.5) is 5.69 Å². The molecule has 0 bridgehead atoms. The fraction of sp³-hybridized carbons (Fsp3) is 0.0667. The lowest BCUT2D eigenvalue weighted by Crippen LogP contribution is -2.29. The van der Waals surface area contributed by atoms with E-state index in [1.807, 2.05) is 30.3 Å². The number of benzene rings is 1. The van der Waals surface area contributed by atoms with Crippen molar-refractivity contribution in [1.82, 2.24) is 4.57 Å². The summed E-state index contributed by atoms with van der Waals surface area (Å²) in [6.45, 7) is 0.0929. The minimum absolute atomic E-state index is 0.0929. The van der Waals surface area contributed by atoms with Crippen LogP contribution in [0.15, 0.2) is 53.5 Å². The highest BCUT2D eigenvalue weighted by Gasteiger charge is 2.16. The van der Waals surface area contributed by atoms with Crippen LogP contribution >= 0.6 is 0 Å². The van der Waals surface area contributed by atoms with Crippen molar-refractivity contribution in [1.29, 1.82) is 0 Å². The Hall–Kier alpha value is -3.22. The van der Waals surface area contributed by atoms with Crippen molar-refractivity contribution >= 4 is 17.7 Å². The molecule has 1 heterocycles. The van der Waals surface area contributed by atoms with Gasteiger partial charge in [0, 0.05) is 12.6 Å². The molecule has 7 heteroatoms. The second kappa shape index (κ2) is 6.49. The number of aromatic nitrogens is 1. The van der Waals surface area contributed by atoms with Gasteiger partial charge in [-0.1, -0.05) is 42.5 Å². The highest BCUT2D eigenvalue weighted by molar-refractivity contribution is 5.92. The standard InChI is InChI=1S/C15H13N3O4/c16-14(19)13-9-12(18(21)22)10-17(15(13)20)8-4-7-11-5-2-1-3-6-11/h1-7,9-10H,8H2,(H2,16,19). The number of hydrogen-bond acceptors (Lipinski definition) is 4. The molecule has 0 saturated heterocycles. The third kappa shape index (κ3) is 3.45. The number of primary amides is 1. The second-order valence-electron chi connectivity index (χ2n) is 4.50. The first-order valence-electron chi connectivity index (χ1n) is 6.39. The van der Waals surface area contributed by atoms with Crippen LogP contribution in [0, 0.1) is 10.1 Å². The maximum absolute atomic E-state index is 12.0. The number of carbonyl (C=O) groups excluding carboxylic acids is 1. The fourth-order valence-corrected chi connectivity index (χ4v) is 1.90. The summed E-state index contributed by atoms with van der Waals surface area (Å²) < 4.78 is 1.08. The summed E-state index contributed by atoms with van der Waals surface area (Å²) in [5.41, 5.74) is 4.59. The average molecular weight is 299 g/mol. The van der Waals surface area contributed by atoms with Crippen LogP contribution < -0.4 is 11.3 Å². The highest BCUT2D eigenvalue weighted by Crippen LogP contribution is 2.10. The van der Waals surface area contributed by atoms with E-state index in [0.717, 1.165) is 22.4 Å². The van der Waals surface area contributed by atoms with Gasteiger partial charge in [0.1, 0.15) is 5.56 Å². The molecule has 0 aliphatic carbocycles. The minimum Gasteiger partial charge on any atom is -0.365 e. The Labute approximate surface area is 125 Å². The molecule has 7 nitrogen and oxygen atoms in total. The molecular formula is C15H13N3O4. The lowest BCUT2D eigenvalue weighted by atomic mass is 10.2. The molecule has 1 amide bonds. The normalized spacial score (nSPS) is 10.7. The van der Waals surface area contributed by atoms with Gasteiger partial charge in [-0.2, -0.15) is 0 Å². The predicted molar refractivity (Wildman–Crippen MR) is 81.4 cm³/mol. The summed E-state index contributed by atoms with van der Waals surface area (Å²) >= 11 is 0. The van der Waals surface area contributed by atoms with Crippen molar-refractivity contribution < 1.29 is 9.72 Å². The van der Waals surface area contributed by atoms with E-state index in [4.69, 9.17) is 5.73 Å². The van der Waals surface area contributed by atoms with Crippen molar-refractivity contribution in [3.8, 4) is 0 Å². The van der Waals surface area contributed by atoms with Crippen LogP contribution in [0.25, 0.3) is 6.08 Å². The Kier molecular flexibility index (Phi) is 4.47. The summed E-state index contributed by atoms with van der Waals surface area (Å²) in [5, 5.41) is 10.9. The number of nitrogens with zero attached hydrogens (tertiary/aromatic N) is 2. The van der Waals surface area contributed by atoms with Crippen molar-refractivity contribution in [3.05, 3.63) is 80.3 Å². The van der Waals surface area contributed by atoms with Gasteiger partial charge < -0.3 is 10.3 Å². The molecule has 2 rings (SSSR count). The molecule has 2 N–H and O–H groups in total. The van der Waals surface area contributed by atoms with Gasteiger partial charge in [-0.25, -0.2) is 0 Å². The molecular weight excluding hydrogens is 286 g/mol. The third-order valence-electron chi connectivity index (χ3n) is 2.96. The van der Waals surface area contributed by atoms with E-state index in [1.54, 1.807) is 12.2 Å². The summed E-state index contributed by atoms with van der Waals surface area (Å²) in [7, 11) is 0. The van der Waals surface area contributed by atoms with E-state index in [2.05, 4.69) is 0 Å². The number of pyridine rings is 1. The Balaban J connectivity index is 2.34.